The second-order valence-electron chi connectivity index (χ2n) is 5.63. The van der Waals surface area contributed by atoms with E-state index in [1.54, 1.807) is 0 Å². The number of carboxylic acid groups (broad SMARTS) is 1. The summed E-state index contributed by atoms with van der Waals surface area (Å²) in [5, 5.41) is 19.4. The monoisotopic (exact) mass is 340 g/mol. The van der Waals surface area contributed by atoms with Crippen LogP contribution >= 0.6 is 11.6 Å². The minimum Gasteiger partial charge on any atom is -0.479 e. The molecule has 2 aromatic rings. The average molecular weight is 341 g/mol. The molecule has 6 nitrogen and oxygen atoms in total. The Morgan fingerprint density at radius 3 is 2.57 bits per heavy atom. The van der Waals surface area contributed by atoms with Crippen LogP contribution in [0, 0.1) is 5.82 Å². The molecule has 1 aromatic heterocycles. The molecule has 1 aliphatic heterocycles. The van der Waals surface area contributed by atoms with Crippen LogP contribution in [0.3, 0.4) is 0 Å². The number of halogens is 2. The number of carboxylic acids is 1. The number of likely N-dealkylation sites (tertiary alicyclic amines) is 1. The molecule has 1 amide bonds. The van der Waals surface area contributed by atoms with Gasteiger partial charge in [0.1, 0.15) is 11.5 Å². The van der Waals surface area contributed by atoms with E-state index in [9.17, 15) is 19.1 Å². The van der Waals surface area contributed by atoms with Gasteiger partial charge in [-0.2, -0.15) is 0 Å². The number of hydrogen-bond donors (Lipinski definition) is 3. The van der Waals surface area contributed by atoms with Crippen molar-refractivity contribution in [2.45, 2.75) is 18.4 Å². The number of piperidine rings is 1. The third-order valence-corrected chi connectivity index (χ3v) is 4.58. The molecular formula is C15H14ClFN2O4. The molecule has 8 heteroatoms. The molecule has 122 valence electrons. The van der Waals surface area contributed by atoms with Crippen LogP contribution in [0.1, 0.15) is 23.3 Å². The molecule has 0 unspecified atom stereocenters. The van der Waals surface area contributed by atoms with E-state index in [0.29, 0.717) is 10.9 Å². The minimum atomic E-state index is -1.80. The largest absolute Gasteiger partial charge is 0.479 e. The lowest BCUT2D eigenvalue weighted by Crippen LogP contribution is -2.50. The Morgan fingerprint density at radius 2 is 1.96 bits per heavy atom. The molecule has 0 spiro atoms. The number of H-pyrrole nitrogens is 1. The maximum Gasteiger partial charge on any atom is 0.335 e. The number of rotatable bonds is 2. The molecule has 0 atom stereocenters. The highest BCUT2D eigenvalue weighted by molar-refractivity contribution is 6.38. The number of aromatic amines is 1. The quantitative estimate of drug-likeness (QED) is 0.779. The first-order chi connectivity index (χ1) is 10.8. The van der Waals surface area contributed by atoms with E-state index in [4.69, 9.17) is 16.7 Å². The molecule has 0 aliphatic carbocycles. The number of nitrogens with zero attached hydrogens (tertiary/aromatic N) is 1. The number of carbonyl (C=O) groups excluding carboxylic acids is 1. The molecular weight excluding hydrogens is 327 g/mol. The van der Waals surface area contributed by atoms with E-state index in [1.807, 2.05) is 0 Å². The first kappa shape index (κ1) is 15.8. The van der Waals surface area contributed by atoms with Gasteiger partial charge in [-0.25, -0.2) is 9.18 Å². The van der Waals surface area contributed by atoms with Crippen LogP contribution in [-0.2, 0) is 4.79 Å². The van der Waals surface area contributed by atoms with Crippen LogP contribution in [-0.4, -0.2) is 50.7 Å². The number of hydrogen-bond acceptors (Lipinski definition) is 3. The molecule has 1 aromatic carbocycles. The molecule has 0 radical (unpaired) electrons. The fourth-order valence-electron chi connectivity index (χ4n) is 2.73. The van der Waals surface area contributed by atoms with Crippen LogP contribution in [0.25, 0.3) is 10.9 Å². The number of aromatic nitrogens is 1. The molecule has 3 N–H and O–H groups in total. The topological polar surface area (TPSA) is 93.6 Å². The zero-order valence-corrected chi connectivity index (χ0v) is 12.7. The van der Waals surface area contributed by atoms with Gasteiger partial charge in [-0.15, -0.1) is 0 Å². The third-order valence-electron chi connectivity index (χ3n) is 4.19. The second-order valence-corrected chi connectivity index (χ2v) is 6.01. The predicted molar refractivity (Wildman–Crippen MR) is 81.0 cm³/mol. The highest BCUT2D eigenvalue weighted by Crippen LogP contribution is 2.30. The molecule has 3 rings (SSSR count). The van der Waals surface area contributed by atoms with Crippen molar-refractivity contribution in [3.63, 3.8) is 0 Å². The zero-order chi connectivity index (χ0) is 16.8. The molecule has 23 heavy (non-hydrogen) atoms. The summed E-state index contributed by atoms with van der Waals surface area (Å²) < 4.78 is 13.3. The Hall–Kier alpha value is -2.12. The van der Waals surface area contributed by atoms with Crippen molar-refractivity contribution in [1.29, 1.82) is 0 Å². The molecule has 2 heterocycles. The van der Waals surface area contributed by atoms with Gasteiger partial charge in [0.15, 0.2) is 5.60 Å². The molecule has 1 fully saturated rings. The van der Waals surface area contributed by atoms with Crippen molar-refractivity contribution in [2.24, 2.45) is 0 Å². The summed E-state index contributed by atoms with van der Waals surface area (Å²) >= 11 is 6.16. The van der Waals surface area contributed by atoms with Crippen molar-refractivity contribution in [3.05, 3.63) is 34.7 Å². The zero-order valence-electron chi connectivity index (χ0n) is 12.0. The number of fused-ring (bicyclic) bond motifs is 1. The Balaban J connectivity index is 1.85. The Kier molecular flexibility index (Phi) is 3.77. The van der Waals surface area contributed by atoms with Crippen molar-refractivity contribution in [3.8, 4) is 0 Å². The molecule has 0 bridgehead atoms. The second kappa shape index (κ2) is 5.50. The molecule has 1 saturated heterocycles. The van der Waals surface area contributed by atoms with Crippen LogP contribution < -0.4 is 0 Å². The standard InChI is InChI=1S/C15H14ClFN2O4/c16-11-9-7-8(17)1-2-10(9)18-12(11)13(20)19-5-3-15(23,4-6-19)14(21)22/h1-2,7,18,23H,3-6H2,(H,21,22). The van der Waals surface area contributed by atoms with Gasteiger partial charge in [0, 0.05) is 36.8 Å². The van der Waals surface area contributed by atoms with Gasteiger partial charge in [-0.05, 0) is 18.2 Å². The van der Waals surface area contributed by atoms with E-state index in [1.165, 1.54) is 23.1 Å². The Bertz CT molecular complexity index is 796. The number of aliphatic carboxylic acids is 1. The van der Waals surface area contributed by atoms with Crippen LogP contribution in [0.4, 0.5) is 4.39 Å². The van der Waals surface area contributed by atoms with Gasteiger partial charge in [-0.1, -0.05) is 11.6 Å². The van der Waals surface area contributed by atoms with Gasteiger partial charge < -0.3 is 20.1 Å². The normalized spacial score (nSPS) is 17.4. The summed E-state index contributed by atoms with van der Waals surface area (Å²) in [6.45, 7) is 0.198. The SMILES string of the molecule is O=C(c1[nH]c2ccc(F)cc2c1Cl)N1CCC(O)(C(=O)O)CC1. The van der Waals surface area contributed by atoms with Gasteiger partial charge in [0.25, 0.3) is 5.91 Å². The van der Waals surface area contributed by atoms with Crippen molar-refractivity contribution in [2.75, 3.05) is 13.1 Å². The maximum absolute atomic E-state index is 13.3. The predicted octanol–water partition coefficient (Wildman–Crippen LogP) is 2.01. The summed E-state index contributed by atoms with van der Waals surface area (Å²) in [6.07, 6.45) is -0.110. The highest BCUT2D eigenvalue weighted by Gasteiger charge is 2.41. The fraction of sp³-hybridized carbons (Fsp3) is 0.333. The fourth-order valence-corrected chi connectivity index (χ4v) is 3.01. The maximum atomic E-state index is 13.3. The lowest BCUT2D eigenvalue weighted by atomic mass is 9.91. The van der Waals surface area contributed by atoms with Crippen molar-refractivity contribution < 1.29 is 24.2 Å². The first-order valence-electron chi connectivity index (χ1n) is 7.03. The van der Waals surface area contributed by atoms with Gasteiger partial charge in [-0.3, -0.25) is 4.79 Å². The number of benzene rings is 1. The summed E-state index contributed by atoms with van der Waals surface area (Å²) in [5.41, 5.74) is -1.13. The van der Waals surface area contributed by atoms with E-state index in [2.05, 4.69) is 4.98 Å². The summed E-state index contributed by atoms with van der Waals surface area (Å²) in [7, 11) is 0. The van der Waals surface area contributed by atoms with E-state index in [-0.39, 0.29) is 36.6 Å². The summed E-state index contributed by atoms with van der Waals surface area (Å²) in [4.78, 5) is 27.8. The lowest BCUT2D eigenvalue weighted by molar-refractivity contribution is -0.162. The lowest BCUT2D eigenvalue weighted by Gasteiger charge is -2.35. The summed E-state index contributed by atoms with van der Waals surface area (Å²) in [5.74, 6) is -2.15. The number of amides is 1. The van der Waals surface area contributed by atoms with Crippen molar-refractivity contribution >= 4 is 34.4 Å². The Morgan fingerprint density at radius 1 is 1.30 bits per heavy atom. The van der Waals surface area contributed by atoms with E-state index >= 15 is 0 Å². The summed E-state index contributed by atoms with van der Waals surface area (Å²) in [6, 6.07) is 3.99. The van der Waals surface area contributed by atoms with Crippen LogP contribution in [0.2, 0.25) is 5.02 Å². The van der Waals surface area contributed by atoms with Gasteiger partial charge in [0.05, 0.1) is 5.02 Å². The van der Waals surface area contributed by atoms with Crippen LogP contribution in [0.5, 0.6) is 0 Å². The van der Waals surface area contributed by atoms with E-state index < -0.39 is 23.3 Å². The van der Waals surface area contributed by atoms with Gasteiger partial charge >= 0.3 is 5.97 Å². The minimum absolute atomic E-state index is 0.0550. The van der Waals surface area contributed by atoms with Crippen molar-refractivity contribution in [1.82, 2.24) is 9.88 Å². The number of aliphatic hydroxyl groups is 1. The Labute approximate surface area is 135 Å². The third kappa shape index (κ3) is 2.66. The number of carbonyl (C=O) groups is 2. The smallest absolute Gasteiger partial charge is 0.335 e. The van der Waals surface area contributed by atoms with E-state index in [0.717, 1.165) is 0 Å². The first-order valence-corrected chi connectivity index (χ1v) is 7.41. The molecule has 1 aliphatic rings. The molecule has 0 saturated carbocycles. The van der Waals surface area contributed by atoms with Crippen LogP contribution in [0.15, 0.2) is 18.2 Å². The average Bonchev–Trinajstić information content (AvgIpc) is 2.84. The number of nitrogens with one attached hydrogen (secondary N) is 1. The highest BCUT2D eigenvalue weighted by atomic mass is 35.5. The van der Waals surface area contributed by atoms with Gasteiger partial charge in [0.2, 0.25) is 0 Å².